The van der Waals surface area contributed by atoms with Gasteiger partial charge < -0.3 is 14.6 Å². The summed E-state index contributed by atoms with van der Waals surface area (Å²) in [4.78, 5) is 9.95. The molecule has 0 aromatic carbocycles. The fourth-order valence-electron chi connectivity index (χ4n) is 0.739. The Hall–Kier alpha value is -0.810. The number of ether oxygens (including phenoxy) is 2. The Bertz CT molecular complexity index is 121. The fraction of sp³-hybridized carbons (Fsp3) is 0.800. The first kappa shape index (κ1) is 7.30. The molecule has 0 bridgehead atoms. The minimum atomic E-state index is -1.27. The summed E-state index contributed by atoms with van der Waals surface area (Å²) in [5.41, 5.74) is 0. The van der Waals surface area contributed by atoms with Crippen molar-refractivity contribution in [2.45, 2.75) is 6.23 Å². The Labute approximate surface area is 57.9 Å². The van der Waals surface area contributed by atoms with Crippen molar-refractivity contribution in [1.82, 2.24) is 5.32 Å². The third-order valence-corrected chi connectivity index (χ3v) is 1.13. The highest BCUT2D eigenvalue weighted by molar-refractivity contribution is 5.57. The van der Waals surface area contributed by atoms with Crippen LogP contribution in [-0.2, 0) is 9.47 Å². The highest BCUT2D eigenvalue weighted by Gasteiger charge is 2.15. The van der Waals surface area contributed by atoms with Gasteiger partial charge in [0.05, 0.1) is 13.2 Å². The Kier molecular flexibility index (Phi) is 2.47. The molecule has 0 radical (unpaired) electrons. The van der Waals surface area contributed by atoms with Crippen molar-refractivity contribution in [1.29, 1.82) is 0 Å². The number of hydrogen-bond donors (Lipinski definition) is 2. The van der Waals surface area contributed by atoms with Crippen LogP contribution in [0.15, 0.2) is 0 Å². The lowest BCUT2D eigenvalue weighted by atomic mass is 10.5. The molecule has 1 fully saturated rings. The zero-order valence-electron chi connectivity index (χ0n) is 5.37. The molecule has 1 rings (SSSR count). The maximum Gasteiger partial charge on any atom is 0.507 e. The summed E-state index contributed by atoms with van der Waals surface area (Å²) in [7, 11) is 0. The molecule has 5 heteroatoms. The quantitative estimate of drug-likeness (QED) is 0.495. The first-order valence-corrected chi connectivity index (χ1v) is 3.00. The number of carbonyl (C=O) groups is 1. The van der Waals surface area contributed by atoms with Gasteiger partial charge in [0.1, 0.15) is 0 Å². The van der Waals surface area contributed by atoms with Crippen LogP contribution < -0.4 is 5.32 Å². The highest BCUT2D eigenvalue weighted by Crippen LogP contribution is 1.94. The van der Waals surface area contributed by atoms with E-state index in [1.54, 1.807) is 0 Å². The molecule has 0 saturated carbocycles. The van der Waals surface area contributed by atoms with E-state index in [4.69, 9.17) is 9.84 Å². The van der Waals surface area contributed by atoms with Gasteiger partial charge in [0.2, 0.25) is 0 Å². The lowest BCUT2D eigenvalue weighted by Crippen LogP contribution is -2.43. The third-order valence-electron chi connectivity index (χ3n) is 1.13. The van der Waals surface area contributed by atoms with Crippen LogP contribution in [0.3, 0.4) is 0 Å². The molecule has 0 spiro atoms. The number of morpholine rings is 1. The van der Waals surface area contributed by atoms with E-state index in [-0.39, 0.29) is 0 Å². The normalized spacial score (nSPS) is 25.8. The lowest BCUT2D eigenvalue weighted by molar-refractivity contribution is -0.0420. The topological polar surface area (TPSA) is 67.8 Å². The van der Waals surface area contributed by atoms with E-state index in [1.165, 1.54) is 0 Å². The molecule has 0 aromatic heterocycles. The summed E-state index contributed by atoms with van der Waals surface area (Å²) in [6.07, 6.45) is -1.77. The molecule has 1 saturated heterocycles. The van der Waals surface area contributed by atoms with Crippen LogP contribution in [0, 0.1) is 0 Å². The molecule has 1 unspecified atom stereocenters. The minimum Gasteiger partial charge on any atom is -0.450 e. The summed E-state index contributed by atoms with van der Waals surface area (Å²) in [5.74, 6) is 0. The molecular weight excluding hydrogens is 138 g/mol. The summed E-state index contributed by atoms with van der Waals surface area (Å²) >= 11 is 0. The van der Waals surface area contributed by atoms with Gasteiger partial charge in [-0.25, -0.2) is 4.79 Å². The molecule has 0 aromatic rings. The maximum atomic E-state index is 9.95. The average Bonchev–Trinajstić information content (AvgIpc) is 1.88. The molecule has 1 aliphatic heterocycles. The first-order chi connectivity index (χ1) is 4.79. The summed E-state index contributed by atoms with van der Waals surface area (Å²) in [6, 6.07) is 0. The molecule has 0 aliphatic carbocycles. The molecule has 10 heavy (non-hydrogen) atoms. The van der Waals surface area contributed by atoms with Gasteiger partial charge in [0.25, 0.3) is 0 Å². The molecule has 0 amide bonds. The van der Waals surface area contributed by atoms with Crippen molar-refractivity contribution in [3.05, 3.63) is 0 Å². The summed E-state index contributed by atoms with van der Waals surface area (Å²) in [5, 5.41) is 11.0. The second-order valence-electron chi connectivity index (χ2n) is 1.90. The summed E-state index contributed by atoms with van der Waals surface area (Å²) < 4.78 is 9.30. The van der Waals surface area contributed by atoms with E-state index in [0.717, 1.165) is 0 Å². The lowest BCUT2D eigenvalue weighted by Gasteiger charge is -2.21. The smallest absolute Gasteiger partial charge is 0.450 e. The van der Waals surface area contributed by atoms with Gasteiger partial charge >= 0.3 is 6.16 Å². The molecule has 1 heterocycles. The second kappa shape index (κ2) is 3.38. The van der Waals surface area contributed by atoms with Crippen LogP contribution >= 0.6 is 0 Å². The SMILES string of the molecule is O=C(O)OC1COCCN1. The van der Waals surface area contributed by atoms with E-state index in [9.17, 15) is 4.79 Å². The Morgan fingerprint density at radius 1 is 1.80 bits per heavy atom. The van der Waals surface area contributed by atoms with Crippen LogP contribution in [0.5, 0.6) is 0 Å². The van der Waals surface area contributed by atoms with Crippen molar-refractivity contribution >= 4 is 6.16 Å². The van der Waals surface area contributed by atoms with E-state index in [2.05, 4.69) is 10.1 Å². The van der Waals surface area contributed by atoms with Crippen LogP contribution in [0.1, 0.15) is 0 Å². The summed E-state index contributed by atoms with van der Waals surface area (Å²) in [6.45, 7) is 1.55. The predicted octanol–water partition coefficient (Wildman–Crippen LogP) is -0.373. The van der Waals surface area contributed by atoms with Gasteiger partial charge in [-0.3, -0.25) is 5.32 Å². The van der Waals surface area contributed by atoms with Crippen LogP contribution in [0.2, 0.25) is 0 Å². The van der Waals surface area contributed by atoms with Crippen molar-refractivity contribution in [3.63, 3.8) is 0 Å². The monoisotopic (exact) mass is 147 g/mol. The zero-order chi connectivity index (χ0) is 7.40. The predicted molar refractivity (Wildman–Crippen MR) is 31.7 cm³/mol. The molecule has 1 aliphatic rings. The Morgan fingerprint density at radius 2 is 2.60 bits per heavy atom. The number of carboxylic acid groups (broad SMARTS) is 1. The first-order valence-electron chi connectivity index (χ1n) is 3.00. The minimum absolute atomic E-state index is 0.298. The van der Waals surface area contributed by atoms with Gasteiger partial charge in [-0.15, -0.1) is 0 Å². The average molecular weight is 147 g/mol. The van der Waals surface area contributed by atoms with Gasteiger partial charge in [0.15, 0.2) is 6.23 Å². The van der Waals surface area contributed by atoms with Crippen LogP contribution in [0.4, 0.5) is 4.79 Å². The van der Waals surface area contributed by atoms with Gasteiger partial charge in [-0.05, 0) is 0 Å². The molecule has 2 N–H and O–H groups in total. The van der Waals surface area contributed by atoms with Crippen molar-refractivity contribution < 1.29 is 19.4 Å². The number of nitrogens with one attached hydrogen (secondary N) is 1. The Morgan fingerprint density at radius 3 is 3.10 bits per heavy atom. The van der Waals surface area contributed by atoms with E-state index >= 15 is 0 Å². The van der Waals surface area contributed by atoms with Crippen LogP contribution in [-0.4, -0.2) is 37.2 Å². The van der Waals surface area contributed by atoms with Crippen molar-refractivity contribution in [2.24, 2.45) is 0 Å². The molecule has 5 nitrogen and oxygen atoms in total. The largest absolute Gasteiger partial charge is 0.507 e. The van der Waals surface area contributed by atoms with Gasteiger partial charge in [0, 0.05) is 6.54 Å². The van der Waals surface area contributed by atoms with E-state index < -0.39 is 12.4 Å². The highest BCUT2D eigenvalue weighted by atomic mass is 16.7. The molecule has 1 atom stereocenters. The second-order valence-corrected chi connectivity index (χ2v) is 1.90. The number of rotatable bonds is 1. The van der Waals surface area contributed by atoms with E-state index in [0.29, 0.717) is 19.8 Å². The molecule has 58 valence electrons. The van der Waals surface area contributed by atoms with Crippen LogP contribution in [0.25, 0.3) is 0 Å². The third kappa shape index (κ3) is 2.20. The zero-order valence-corrected chi connectivity index (χ0v) is 5.37. The van der Waals surface area contributed by atoms with Crippen molar-refractivity contribution in [3.8, 4) is 0 Å². The number of hydrogen-bond acceptors (Lipinski definition) is 4. The maximum absolute atomic E-state index is 9.95. The van der Waals surface area contributed by atoms with E-state index in [1.807, 2.05) is 0 Å². The van der Waals surface area contributed by atoms with Gasteiger partial charge in [-0.2, -0.15) is 0 Å². The van der Waals surface area contributed by atoms with Crippen molar-refractivity contribution in [2.75, 3.05) is 19.8 Å². The Balaban J connectivity index is 2.19. The van der Waals surface area contributed by atoms with Gasteiger partial charge in [-0.1, -0.05) is 0 Å². The molecular formula is C5H9NO4. The standard InChI is InChI=1S/C5H9NO4/c7-5(8)10-4-3-9-2-1-6-4/h4,6H,1-3H2,(H,7,8). The fourth-order valence-corrected chi connectivity index (χ4v) is 0.739.